The van der Waals surface area contributed by atoms with Gasteiger partial charge in [0.05, 0.1) is 11.6 Å². The van der Waals surface area contributed by atoms with Crippen molar-refractivity contribution >= 4 is 32.9 Å². The van der Waals surface area contributed by atoms with Gasteiger partial charge in [0.15, 0.2) is 0 Å². The third kappa shape index (κ3) is 1.29. The van der Waals surface area contributed by atoms with Gasteiger partial charge in [-0.25, -0.2) is 9.78 Å². The minimum absolute atomic E-state index is 0.390. The summed E-state index contributed by atoms with van der Waals surface area (Å²) in [6.45, 7) is 0. The predicted molar refractivity (Wildman–Crippen MR) is 55.1 cm³/mol. The molecule has 5 heteroatoms. The molecule has 0 aromatic carbocycles. The zero-order valence-electron chi connectivity index (χ0n) is 7.37. The second-order valence-corrected chi connectivity index (χ2v) is 3.50. The lowest BCUT2D eigenvalue weighted by molar-refractivity contribution is 0.0594. The number of fused-ring (bicyclic) bond motifs is 1. The highest BCUT2D eigenvalue weighted by atomic mass is 79.9. The number of nitrogens with zero attached hydrogens (tertiary/aromatic N) is 1. The molecule has 0 atom stereocenters. The van der Waals surface area contributed by atoms with Gasteiger partial charge in [0, 0.05) is 11.6 Å². The quantitative estimate of drug-likeness (QED) is 0.794. The number of nitrogens with one attached hydrogen (secondary N) is 1. The number of H-pyrrole nitrogens is 1. The topological polar surface area (TPSA) is 55.0 Å². The van der Waals surface area contributed by atoms with Gasteiger partial charge in [-0.2, -0.15) is 0 Å². The van der Waals surface area contributed by atoms with Gasteiger partial charge in [-0.05, 0) is 28.1 Å². The maximum atomic E-state index is 11.3. The Morgan fingerprint density at radius 3 is 3.07 bits per heavy atom. The minimum Gasteiger partial charge on any atom is -0.464 e. The van der Waals surface area contributed by atoms with E-state index in [1.807, 2.05) is 12.1 Å². The molecule has 2 heterocycles. The maximum Gasteiger partial charge on any atom is 0.355 e. The highest BCUT2D eigenvalue weighted by molar-refractivity contribution is 9.10. The maximum absolute atomic E-state index is 11.3. The molecule has 2 aromatic rings. The van der Waals surface area contributed by atoms with Crippen molar-refractivity contribution in [2.45, 2.75) is 0 Å². The largest absolute Gasteiger partial charge is 0.464 e. The van der Waals surface area contributed by atoms with Crippen molar-refractivity contribution in [3.05, 3.63) is 28.5 Å². The molecule has 14 heavy (non-hydrogen) atoms. The van der Waals surface area contributed by atoms with E-state index in [9.17, 15) is 4.79 Å². The molecule has 0 bridgehead atoms. The Labute approximate surface area is 88.4 Å². The van der Waals surface area contributed by atoms with Crippen molar-refractivity contribution < 1.29 is 9.53 Å². The van der Waals surface area contributed by atoms with E-state index in [2.05, 4.69) is 30.6 Å². The first kappa shape index (κ1) is 9.21. The fourth-order valence-electron chi connectivity index (χ4n) is 1.23. The van der Waals surface area contributed by atoms with Crippen LogP contribution in [0.5, 0.6) is 0 Å². The van der Waals surface area contributed by atoms with Gasteiger partial charge in [0.1, 0.15) is 11.3 Å². The van der Waals surface area contributed by atoms with Crippen molar-refractivity contribution in [2.75, 3.05) is 7.11 Å². The van der Waals surface area contributed by atoms with Crippen LogP contribution in [-0.2, 0) is 4.74 Å². The molecule has 0 aliphatic rings. The number of rotatable bonds is 1. The lowest BCUT2D eigenvalue weighted by atomic mass is 10.3. The zero-order valence-corrected chi connectivity index (χ0v) is 8.96. The summed E-state index contributed by atoms with van der Waals surface area (Å²) in [5.74, 6) is -0.408. The predicted octanol–water partition coefficient (Wildman–Crippen LogP) is 2.11. The number of pyridine rings is 1. The van der Waals surface area contributed by atoms with Crippen LogP contribution in [0.15, 0.2) is 22.8 Å². The van der Waals surface area contributed by atoms with Gasteiger partial charge in [-0.3, -0.25) is 0 Å². The van der Waals surface area contributed by atoms with Crippen LogP contribution in [0.2, 0.25) is 0 Å². The molecule has 1 N–H and O–H groups in total. The van der Waals surface area contributed by atoms with E-state index in [0.717, 1.165) is 5.39 Å². The first-order chi connectivity index (χ1) is 6.74. The molecule has 0 aliphatic heterocycles. The van der Waals surface area contributed by atoms with E-state index in [4.69, 9.17) is 0 Å². The first-order valence-corrected chi connectivity index (χ1v) is 4.74. The van der Waals surface area contributed by atoms with Crippen molar-refractivity contribution in [3.8, 4) is 0 Å². The summed E-state index contributed by atoms with van der Waals surface area (Å²) in [7, 11) is 1.34. The molecule has 0 fully saturated rings. The smallest absolute Gasteiger partial charge is 0.355 e. The van der Waals surface area contributed by atoms with Gasteiger partial charge >= 0.3 is 5.97 Å². The SMILES string of the molecule is COC(=O)c1[nH]c2ncccc2c1Br. The number of aromatic amines is 1. The van der Waals surface area contributed by atoms with Crippen LogP contribution in [-0.4, -0.2) is 23.0 Å². The number of carbonyl (C=O) groups excluding carboxylic acids is 1. The van der Waals surface area contributed by atoms with Crippen molar-refractivity contribution in [3.63, 3.8) is 0 Å². The Balaban J connectivity index is 2.68. The normalized spacial score (nSPS) is 10.4. The molecular weight excluding hydrogens is 248 g/mol. The van der Waals surface area contributed by atoms with Crippen molar-refractivity contribution in [1.29, 1.82) is 0 Å². The number of methoxy groups -OCH3 is 1. The third-order valence-electron chi connectivity index (χ3n) is 1.90. The third-order valence-corrected chi connectivity index (χ3v) is 2.72. The molecule has 4 nitrogen and oxygen atoms in total. The molecule has 0 saturated heterocycles. The number of hydrogen-bond donors (Lipinski definition) is 1. The molecule has 0 unspecified atom stereocenters. The lowest BCUT2D eigenvalue weighted by Gasteiger charge is -1.94. The monoisotopic (exact) mass is 254 g/mol. The van der Waals surface area contributed by atoms with Crippen LogP contribution in [0.4, 0.5) is 0 Å². The number of carbonyl (C=O) groups is 1. The van der Waals surface area contributed by atoms with Gasteiger partial charge in [-0.1, -0.05) is 0 Å². The summed E-state index contributed by atoms with van der Waals surface area (Å²) in [6.07, 6.45) is 1.66. The molecular formula is C9H7BrN2O2. The lowest BCUT2D eigenvalue weighted by Crippen LogP contribution is -2.01. The van der Waals surface area contributed by atoms with E-state index in [-0.39, 0.29) is 0 Å². The Kier molecular flexibility index (Phi) is 2.25. The molecule has 2 rings (SSSR count). The first-order valence-electron chi connectivity index (χ1n) is 3.94. The second-order valence-electron chi connectivity index (χ2n) is 2.71. The van der Waals surface area contributed by atoms with Crippen LogP contribution < -0.4 is 0 Å². The number of aromatic nitrogens is 2. The minimum atomic E-state index is -0.408. The summed E-state index contributed by atoms with van der Waals surface area (Å²) in [5, 5.41) is 0.868. The zero-order chi connectivity index (χ0) is 10.1. The standard InChI is InChI=1S/C9H7BrN2O2/c1-14-9(13)7-6(10)5-3-2-4-11-8(5)12-7/h2-4H,1H3,(H,11,12). The fourth-order valence-corrected chi connectivity index (χ4v) is 1.81. The molecule has 0 spiro atoms. The molecule has 72 valence electrons. The van der Waals surface area contributed by atoms with Gasteiger partial charge < -0.3 is 9.72 Å². The van der Waals surface area contributed by atoms with E-state index in [1.165, 1.54) is 7.11 Å². The van der Waals surface area contributed by atoms with Gasteiger partial charge in [-0.15, -0.1) is 0 Å². The summed E-state index contributed by atoms with van der Waals surface area (Å²) in [6, 6.07) is 3.68. The molecule has 0 radical (unpaired) electrons. The van der Waals surface area contributed by atoms with Gasteiger partial charge in [0.2, 0.25) is 0 Å². The average Bonchev–Trinajstić information content (AvgIpc) is 2.56. The van der Waals surface area contributed by atoms with Crippen molar-refractivity contribution in [2.24, 2.45) is 0 Å². The second kappa shape index (κ2) is 3.42. The highest BCUT2D eigenvalue weighted by Gasteiger charge is 2.16. The van der Waals surface area contributed by atoms with E-state index in [0.29, 0.717) is 15.8 Å². The number of esters is 1. The summed E-state index contributed by atoms with van der Waals surface area (Å²) in [4.78, 5) is 18.3. The van der Waals surface area contributed by atoms with E-state index >= 15 is 0 Å². The highest BCUT2D eigenvalue weighted by Crippen LogP contribution is 2.26. The molecule has 0 aliphatic carbocycles. The summed E-state index contributed by atoms with van der Waals surface area (Å²) in [5.41, 5.74) is 1.06. The Morgan fingerprint density at radius 2 is 2.43 bits per heavy atom. The Hall–Kier alpha value is -1.36. The molecule has 2 aromatic heterocycles. The van der Waals surface area contributed by atoms with Crippen molar-refractivity contribution in [1.82, 2.24) is 9.97 Å². The molecule has 0 amide bonds. The van der Waals surface area contributed by atoms with Crippen LogP contribution in [0.25, 0.3) is 11.0 Å². The van der Waals surface area contributed by atoms with Crippen LogP contribution >= 0.6 is 15.9 Å². The fraction of sp³-hybridized carbons (Fsp3) is 0.111. The average molecular weight is 255 g/mol. The molecule has 0 saturated carbocycles. The van der Waals surface area contributed by atoms with Crippen LogP contribution in [0.1, 0.15) is 10.5 Å². The van der Waals surface area contributed by atoms with Crippen LogP contribution in [0, 0.1) is 0 Å². The summed E-state index contributed by atoms with van der Waals surface area (Å²) >= 11 is 3.32. The van der Waals surface area contributed by atoms with Gasteiger partial charge in [0.25, 0.3) is 0 Å². The Morgan fingerprint density at radius 1 is 1.64 bits per heavy atom. The number of hydrogen-bond acceptors (Lipinski definition) is 3. The number of halogens is 1. The Bertz CT molecular complexity index is 493. The van der Waals surface area contributed by atoms with E-state index < -0.39 is 5.97 Å². The van der Waals surface area contributed by atoms with Crippen LogP contribution in [0.3, 0.4) is 0 Å². The number of ether oxygens (including phenoxy) is 1. The van der Waals surface area contributed by atoms with E-state index in [1.54, 1.807) is 6.20 Å². The summed E-state index contributed by atoms with van der Waals surface area (Å²) < 4.78 is 5.31.